The van der Waals surface area contributed by atoms with E-state index in [4.69, 9.17) is 4.74 Å². The van der Waals surface area contributed by atoms with Crippen LogP contribution in [0.5, 0.6) is 5.75 Å². The molecule has 0 saturated carbocycles. The fraction of sp³-hybridized carbons (Fsp3) is 0.353. The van der Waals surface area contributed by atoms with E-state index in [2.05, 4.69) is 47.0 Å². The normalized spacial score (nSPS) is 11.4. The van der Waals surface area contributed by atoms with Crippen LogP contribution in [0.1, 0.15) is 32.2 Å². The van der Waals surface area contributed by atoms with Crippen molar-refractivity contribution in [1.82, 2.24) is 10.3 Å². The quantitative estimate of drug-likeness (QED) is 0.873. The lowest BCUT2D eigenvalue weighted by Crippen LogP contribution is -2.35. The van der Waals surface area contributed by atoms with Gasteiger partial charge in [-0.1, -0.05) is 22.0 Å². The molecule has 4 heteroatoms. The highest BCUT2D eigenvalue weighted by atomic mass is 79.9. The predicted molar refractivity (Wildman–Crippen MR) is 89.3 cm³/mol. The van der Waals surface area contributed by atoms with Crippen molar-refractivity contribution in [3.63, 3.8) is 0 Å². The smallest absolute Gasteiger partial charge is 0.130 e. The Morgan fingerprint density at radius 1 is 1.05 bits per heavy atom. The molecule has 0 saturated heterocycles. The Kier molecular flexibility index (Phi) is 5.37. The molecule has 2 aromatic rings. The largest absolute Gasteiger partial charge is 0.487 e. The van der Waals surface area contributed by atoms with Gasteiger partial charge >= 0.3 is 0 Å². The van der Waals surface area contributed by atoms with Crippen molar-refractivity contribution in [2.75, 3.05) is 0 Å². The summed E-state index contributed by atoms with van der Waals surface area (Å²) >= 11 is 3.41. The van der Waals surface area contributed by atoms with Crippen LogP contribution in [-0.2, 0) is 13.2 Å². The summed E-state index contributed by atoms with van der Waals surface area (Å²) in [6.07, 6.45) is 0. The number of nitrogens with zero attached hydrogens (tertiary/aromatic N) is 1. The van der Waals surface area contributed by atoms with Gasteiger partial charge in [0.25, 0.3) is 0 Å². The Hall–Kier alpha value is -1.39. The van der Waals surface area contributed by atoms with Gasteiger partial charge in [-0.05, 0) is 57.2 Å². The second-order valence-electron chi connectivity index (χ2n) is 5.97. The number of hydrogen-bond donors (Lipinski definition) is 1. The summed E-state index contributed by atoms with van der Waals surface area (Å²) < 4.78 is 6.79. The molecule has 0 spiro atoms. The molecule has 3 nitrogen and oxygen atoms in total. The highest BCUT2D eigenvalue weighted by Crippen LogP contribution is 2.17. The molecule has 0 amide bonds. The molecule has 1 aromatic heterocycles. The van der Waals surface area contributed by atoms with E-state index >= 15 is 0 Å². The molecule has 0 atom stereocenters. The van der Waals surface area contributed by atoms with Crippen molar-refractivity contribution < 1.29 is 4.74 Å². The molecule has 112 valence electrons. The highest BCUT2D eigenvalue weighted by molar-refractivity contribution is 9.10. The number of aromatic nitrogens is 1. The van der Waals surface area contributed by atoms with Crippen LogP contribution >= 0.6 is 15.9 Å². The number of rotatable bonds is 5. The minimum absolute atomic E-state index is 0.0889. The molecule has 0 aliphatic rings. The van der Waals surface area contributed by atoms with Gasteiger partial charge in [-0.15, -0.1) is 0 Å². The average molecular weight is 349 g/mol. The van der Waals surface area contributed by atoms with E-state index in [9.17, 15) is 0 Å². The zero-order valence-electron chi connectivity index (χ0n) is 12.7. The van der Waals surface area contributed by atoms with Crippen molar-refractivity contribution in [3.05, 3.63) is 58.3 Å². The number of nitrogens with one attached hydrogen (secondary N) is 1. The molecule has 0 unspecified atom stereocenters. The number of ether oxygens (including phenoxy) is 1. The van der Waals surface area contributed by atoms with Gasteiger partial charge in [0.15, 0.2) is 0 Å². The number of benzene rings is 1. The summed E-state index contributed by atoms with van der Waals surface area (Å²) in [5.74, 6) is 0.846. The van der Waals surface area contributed by atoms with Crippen LogP contribution in [0.3, 0.4) is 0 Å². The lowest BCUT2D eigenvalue weighted by atomic mass is 10.1. The summed E-state index contributed by atoms with van der Waals surface area (Å²) in [5, 5.41) is 3.44. The molecule has 0 bridgehead atoms. The molecule has 0 radical (unpaired) electrons. The monoisotopic (exact) mass is 348 g/mol. The maximum absolute atomic E-state index is 5.74. The third kappa shape index (κ3) is 5.86. The van der Waals surface area contributed by atoms with E-state index < -0.39 is 0 Å². The molecule has 2 rings (SSSR count). The molecular weight excluding hydrogens is 328 g/mol. The average Bonchev–Trinajstić information content (AvgIpc) is 2.44. The first kappa shape index (κ1) is 16.0. The maximum Gasteiger partial charge on any atom is 0.130 e. The topological polar surface area (TPSA) is 34.1 Å². The van der Waals surface area contributed by atoms with Crippen LogP contribution in [0.25, 0.3) is 0 Å². The Bertz CT molecular complexity index is 576. The van der Waals surface area contributed by atoms with Crippen LogP contribution in [0.15, 0.2) is 46.9 Å². The first-order valence-corrected chi connectivity index (χ1v) is 7.80. The van der Waals surface area contributed by atoms with E-state index in [-0.39, 0.29) is 5.54 Å². The van der Waals surface area contributed by atoms with E-state index in [1.54, 1.807) is 0 Å². The fourth-order valence-electron chi connectivity index (χ4n) is 1.75. The summed E-state index contributed by atoms with van der Waals surface area (Å²) in [7, 11) is 0. The second kappa shape index (κ2) is 7.05. The van der Waals surface area contributed by atoms with Gasteiger partial charge in [-0.2, -0.15) is 0 Å². The lowest BCUT2D eigenvalue weighted by Gasteiger charge is -2.20. The van der Waals surface area contributed by atoms with Gasteiger partial charge in [-0.3, -0.25) is 4.98 Å². The number of halogens is 1. The Labute approximate surface area is 134 Å². The van der Waals surface area contributed by atoms with Gasteiger partial charge < -0.3 is 10.1 Å². The van der Waals surface area contributed by atoms with Crippen LogP contribution < -0.4 is 10.1 Å². The molecule has 1 aromatic carbocycles. The van der Waals surface area contributed by atoms with E-state index in [1.165, 1.54) is 0 Å². The molecule has 1 N–H and O–H groups in total. The summed E-state index contributed by atoms with van der Waals surface area (Å²) in [6, 6.07) is 13.8. The van der Waals surface area contributed by atoms with Gasteiger partial charge in [-0.25, -0.2) is 0 Å². The Morgan fingerprint density at radius 3 is 2.38 bits per heavy atom. The highest BCUT2D eigenvalue weighted by Gasteiger charge is 2.09. The molecule has 0 aliphatic carbocycles. The first-order chi connectivity index (χ1) is 9.92. The molecule has 1 heterocycles. The summed E-state index contributed by atoms with van der Waals surface area (Å²) in [6.45, 7) is 7.68. The maximum atomic E-state index is 5.74. The SMILES string of the molecule is CC(C)(C)NCc1cccc(COc2ccc(Br)cc2)n1. The second-order valence-corrected chi connectivity index (χ2v) is 6.88. The summed E-state index contributed by atoms with van der Waals surface area (Å²) in [5.41, 5.74) is 2.05. The third-order valence-corrected chi connectivity index (χ3v) is 3.39. The van der Waals surface area contributed by atoms with Gasteiger partial charge in [0.1, 0.15) is 12.4 Å². The Morgan fingerprint density at radius 2 is 1.71 bits per heavy atom. The van der Waals surface area contributed by atoms with E-state index in [0.717, 1.165) is 28.2 Å². The van der Waals surface area contributed by atoms with Crippen molar-refractivity contribution in [2.45, 2.75) is 39.5 Å². The minimum atomic E-state index is 0.0889. The molecule has 21 heavy (non-hydrogen) atoms. The molecule has 0 aliphatic heterocycles. The zero-order chi connectivity index (χ0) is 15.3. The van der Waals surface area contributed by atoms with Crippen LogP contribution in [0, 0.1) is 0 Å². The van der Waals surface area contributed by atoms with Crippen LogP contribution in [-0.4, -0.2) is 10.5 Å². The number of pyridine rings is 1. The third-order valence-electron chi connectivity index (χ3n) is 2.86. The molecular formula is C17H21BrN2O. The van der Waals surface area contributed by atoms with Crippen LogP contribution in [0.2, 0.25) is 0 Å². The number of hydrogen-bond acceptors (Lipinski definition) is 3. The lowest BCUT2D eigenvalue weighted by molar-refractivity contribution is 0.300. The van der Waals surface area contributed by atoms with Gasteiger partial charge in [0.05, 0.1) is 11.4 Å². The first-order valence-electron chi connectivity index (χ1n) is 7.01. The zero-order valence-corrected chi connectivity index (χ0v) is 14.3. The van der Waals surface area contributed by atoms with E-state index in [1.807, 2.05) is 42.5 Å². The molecule has 0 fully saturated rings. The van der Waals surface area contributed by atoms with Crippen molar-refractivity contribution >= 4 is 15.9 Å². The standard InChI is InChI=1S/C17H21BrN2O/c1-17(2,3)19-11-14-5-4-6-15(20-14)12-21-16-9-7-13(18)8-10-16/h4-10,19H,11-12H2,1-3H3. The van der Waals surface area contributed by atoms with Crippen LogP contribution in [0.4, 0.5) is 0 Å². The fourth-order valence-corrected chi connectivity index (χ4v) is 2.02. The summed E-state index contributed by atoms with van der Waals surface area (Å²) in [4.78, 5) is 4.61. The Balaban J connectivity index is 1.93. The van der Waals surface area contributed by atoms with Crippen molar-refractivity contribution in [1.29, 1.82) is 0 Å². The van der Waals surface area contributed by atoms with E-state index in [0.29, 0.717) is 6.61 Å². The predicted octanol–water partition coefficient (Wildman–Crippen LogP) is 4.31. The van der Waals surface area contributed by atoms with Gasteiger partial charge in [0, 0.05) is 16.6 Å². The minimum Gasteiger partial charge on any atom is -0.487 e. The van der Waals surface area contributed by atoms with Crippen molar-refractivity contribution in [3.8, 4) is 5.75 Å². The van der Waals surface area contributed by atoms with Crippen molar-refractivity contribution in [2.24, 2.45) is 0 Å². The van der Waals surface area contributed by atoms with Gasteiger partial charge in [0.2, 0.25) is 0 Å².